The predicted molar refractivity (Wildman–Crippen MR) is 156 cm³/mol. The number of aromatic nitrogens is 1. The number of carbonyl (C=O) groups is 1. The number of nitrogens with one attached hydrogen (secondary N) is 2. The first-order chi connectivity index (χ1) is 19.1. The van der Waals surface area contributed by atoms with Gasteiger partial charge in [0.05, 0.1) is 30.2 Å². The van der Waals surface area contributed by atoms with Gasteiger partial charge in [-0.2, -0.15) is 5.10 Å². The van der Waals surface area contributed by atoms with E-state index in [9.17, 15) is 20.1 Å². The summed E-state index contributed by atoms with van der Waals surface area (Å²) >= 11 is 0. The first-order valence-electron chi connectivity index (χ1n) is 15.5. The second-order valence-electron chi connectivity index (χ2n) is 14.1. The summed E-state index contributed by atoms with van der Waals surface area (Å²) < 4.78 is 0. The van der Waals surface area contributed by atoms with Crippen molar-refractivity contribution in [2.45, 2.75) is 96.9 Å². The van der Waals surface area contributed by atoms with Gasteiger partial charge in [0.1, 0.15) is 0 Å². The van der Waals surface area contributed by atoms with Crippen molar-refractivity contribution in [3.63, 3.8) is 0 Å². The van der Waals surface area contributed by atoms with Gasteiger partial charge in [-0.05, 0) is 110 Å². The summed E-state index contributed by atoms with van der Waals surface area (Å²) in [4.78, 5) is 15.9. The number of amides is 1. The number of nitrogens with zero attached hydrogens (tertiary/aromatic N) is 1. The van der Waals surface area contributed by atoms with Gasteiger partial charge in [0.15, 0.2) is 0 Å². The Kier molecular flexibility index (Phi) is 7.37. The maximum atomic E-state index is 12.6. The molecule has 7 nitrogen and oxygen atoms in total. The van der Waals surface area contributed by atoms with Gasteiger partial charge in [-0.1, -0.05) is 39.0 Å². The number of benzene rings is 1. The number of para-hydroxylation sites is 1. The van der Waals surface area contributed by atoms with Crippen LogP contribution < -0.4 is 5.43 Å². The highest BCUT2D eigenvalue weighted by molar-refractivity contribution is 5.90. The van der Waals surface area contributed by atoms with Crippen LogP contribution in [0.3, 0.4) is 0 Å². The van der Waals surface area contributed by atoms with E-state index in [0.717, 1.165) is 68.0 Å². The first kappa shape index (κ1) is 27.9. The van der Waals surface area contributed by atoms with Crippen LogP contribution in [-0.2, 0) is 4.79 Å². The highest BCUT2D eigenvalue weighted by Gasteiger charge is 2.65. The van der Waals surface area contributed by atoms with Gasteiger partial charge >= 0.3 is 0 Å². The SMILES string of the molecule is C[C@H](CCC(=O)N/N=C/c1cc2ccccc2[nH]1)[C@H]1CC[C@H]2[C@@H]3[C@H](O)C[C@@H]4C[C@H](O)CC[C@]4(C)[C@H]3C[C@H](O)[C@]12C. The summed E-state index contributed by atoms with van der Waals surface area (Å²) in [6.45, 7) is 6.87. The molecule has 0 aliphatic heterocycles. The lowest BCUT2D eigenvalue weighted by molar-refractivity contribution is -0.207. The summed E-state index contributed by atoms with van der Waals surface area (Å²) in [5, 5.41) is 38.8. The van der Waals surface area contributed by atoms with E-state index in [1.165, 1.54) is 0 Å². The van der Waals surface area contributed by atoms with Crippen LogP contribution in [0.1, 0.15) is 84.3 Å². The molecule has 40 heavy (non-hydrogen) atoms. The smallest absolute Gasteiger partial charge is 0.240 e. The van der Waals surface area contributed by atoms with Crippen molar-refractivity contribution in [3.05, 3.63) is 36.0 Å². The van der Waals surface area contributed by atoms with E-state index in [2.05, 4.69) is 36.3 Å². The highest BCUT2D eigenvalue weighted by Crippen LogP contribution is 2.68. The number of fused-ring (bicyclic) bond motifs is 6. The second-order valence-corrected chi connectivity index (χ2v) is 14.1. The third-order valence-electron chi connectivity index (χ3n) is 12.3. The Morgan fingerprint density at radius 1 is 1.12 bits per heavy atom. The molecule has 0 saturated heterocycles. The topological polar surface area (TPSA) is 118 Å². The summed E-state index contributed by atoms with van der Waals surface area (Å²) in [7, 11) is 0. The van der Waals surface area contributed by atoms with Crippen LogP contribution in [0.25, 0.3) is 10.9 Å². The van der Waals surface area contributed by atoms with Crippen LogP contribution in [0.2, 0.25) is 0 Å². The van der Waals surface area contributed by atoms with Gasteiger partial charge in [0, 0.05) is 17.3 Å². The van der Waals surface area contributed by atoms with Crippen molar-refractivity contribution in [3.8, 4) is 0 Å². The van der Waals surface area contributed by atoms with Gasteiger partial charge in [-0.3, -0.25) is 4.79 Å². The van der Waals surface area contributed by atoms with Crippen molar-refractivity contribution in [1.29, 1.82) is 0 Å². The van der Waals surface area contributed by atoms with Crippen molar-refractivity contribution in [1.82, 2.24) is 10.4 Å². The van der Waals surface area contributed by atoms with Gasteiger partial charge in [0.25, 0.3) is 0 Å². The van der Waals surface area contributed by atoms with E-state index < -0.39 is 6.10 Å². The van der Waals surface area contributed by atoms with E-state index in [1.54, 1.807) is 6.21 Å². The fourth-order valence-corrected chi connectivity index (χ4v) is 10.1. The molecule has 6 rings (SSSR count). The van der Waals surface area contributed by atoms with Crippen molar-refractivity contribution >= 4 is 23.0 Å². The molecule has 0 spiro atoms. The van der Waals surface area contributed by atoms with E-state index in [0.29, 0.717) is 36.0 Å². The molecule has 2 aromatic rings. The van der Waals surface area contributed by atoms with E-state index >= 15 is 0 Å². The lowest BCUT2D eigenvalue weighted by Gasteiger charge is -2.63. The third-order valence-corrected chi connectivity index (χ3v) is 12.3. The normalized spacial score (nSPS) is 41.9. The molecular weight excluding hydrogens is 502 g/mol. The molecule has 4 aliphatic carbocycles. The molecule has 7 heteroatoms. The number of aliphatic hydroxyl groups excluding tert-OH is 3. The van der Waals surface area contributed by atoms with Crippen LogP contribution >= 0.6 is 0 Å². The Morgan fingerprint density at radius 3 is 2.73 bits per heavy atom. The average Bonchev–Trinajstić information content (AvgIpc) is 3.50. The molecule has 4 fully saturated rings. The Bertz CT molecular complexity index is 1230. The summed E-state index contributed by atoms with van der Waals surface area (Å²) in [5.74, 6) is 1.66. The van der Waals surface area contributed by atoms with Crippen LogP contribution in [0.4, 0.5) is 0 Å². The summed E-state index contributed by atoms with van der Waals surface area (Å²) in [6, 6.07) is 10.0. The molecule has 0 bridgehead atoms. The van der Waals surface area contributed by atoms with Gasteiger partial charge < -0.3 is 20.3 Å². The molecule has 11 atom stereocenters. The van der Waals surface area contributed by atoms with E-state index in [4.69, 9.17) is 0 Å². The van der Waals surface area contributed by atoms with Gasteiger partial charge in [-0.25, -0.2) is 5.43 Å². The molecule has 0 radical (unpaired) electrons. The summed E-state index contributed by atoms with van der Waals surface area (Å²) in [5.41, 5.74) is 4.40. The van der Waals surface area contributed by atoms with Crippen LogP contribution in [0, 0.1) is 46.3 Å². The number of rotatable bonds is 6. The predicted octanol–water partition coefficient (Wildman–Crippen LogP) is 5.00. The molecule has 5 N–H and O–H groups in total. The number of H-pyrrole nitrogens is 1. The largest absolute Gasteiger partial charge is 0.393 e. The van der Waals surface area contributed by atoms with Crippen molar-refractivity contribution < 1.29 is 20.1 Å². The minimum absolute atomic E-state index is 0.0839. The highest BCUT2D eigenvalue weighted by atomic mass is 16.3. The molecule has 1 amide bonds. The number of aromatic amines is 1. The lowest BCUT2D eigenvalue weighted by atomic mass is 9.43. The molecule has 1 aromatic heterocycles. The molecule has 0 unspecified atom stereocenters. The number of aliphatic hydroxyl groups is 3. The third kappa shape index (κ3) is 4.62. The van der Waals surface area contributed by atoms with Gasteiger partial charge in [0.2, 0.25) is 5.91 Å². The van der Waals surface area contributed by atoms with Crippen molar-refractivity contribution in [2.24, 2.45) is 51.4 Å². The zero-order valence-electron chi connectivity index (χ0n) is 24.2. The Balaban J connectivity index is 1.08. The van der Waals surface area contributed by atoms with Crippen LogP contribution in [-0.4, -0.2) is 50.7 Å². The molecule has 4 saturated carbocycles. The number of carbonyl (C=O) groups excluding carboxylic acids is 1. The fraction of sp³-hybridized carbons (Fsp3) is 0.697. The molecule has 1 aromatic carbocycles. The second kappa shape index (κ2) is 10.6. The Labute approximate surface area is 237 Å². The number of hydrazone groups is 1. The van der Waals surface area contributed by atoms with E-state index in [-0.39, 0.29) is 34.9 Å². The molecule has 1 heterocycles. The molecular formula is C33H47N3O4. The zero-order chi connectivity index (χ0) is 28.2. The minimum Gasteiger partial charge on any atom is -0.393 e. The maximum Gasteiger partial charge on any atom is 0.240 e. The fourth-order valence-electron chi connectivity index (χ4n) is 10.1. The number of hydrogen-bond acceptors (Lipinski definition) is 5. The van der Waals surface area contributed by atoms with Crippen molar-refractivity contribution in [2.75, 3.05) is 0 Å². The summed E-state index contributed by atoms with van der Waals surface area (Å²) in [6.07, 6.45) is 7.96. The lowest BCUT2D eigenvalue weighted by Crippen LogP contribution is -2.62. The Morgan fingerprint density at radius 2 is 1.93 bits per heavy atom. The molecule has 4 aliphatic rings. The van der Waals surface area contributed by atoms with E-state index in [1.807, 2.05) is 30.3 Å². The minimum atomic E-state index is -0.405. The quantitative estimate of drug-likeness (QED) is 0.258. The number of hydrogen-bond donors (Lipinski definition) is 5. The van der Waals surface area contributed by atoms with Crippen LogP contribution in [0.15, 0.2) is 35.4 Å². The monoisotopic (exact) mass is 549 g/mol. The van der Waals surface area contributed by atoms with Gasteiger partial charge in [-0.15, -0.1) is 0 Å². The zero-order valence-corrected chi connectivity index (χ0v) is 24.2. The maximum absolute atomic E-state index is 12.6. The standard InChI is InChI=1S/C33H47N3O4/c1-19(8-11-30(40)36-34-18-22-14-20-6-4-5-7-27(20)35-22)24-9-10-25-31-26(17-29(39)33(24,25)3)32(2)13-12-23(37)15-21(32)16-28(31)38/h4-7,14,18-19,21,23-26,28-29,31,35,37-39H,8-13,15-17H2,1-3H3,(H,36,40)/b34-18+/t19-,21+,23-,24-,25+,26+,28-,29+,31+,32+,33-/m1/s1. The average molecular weight is 550 g/mol. The van der Waals surface area contributed by atoms with Crippen LogP contribution in [0.5, 0.6) is 0 Å². The molecule has 218 valence electrons. The Hall–Kier alpha value is -2.22. The first-order valence-corrected chi connectivity index (χ1v) is 15.5.